The summed E-state index contributed by atoms with van der Waals surface area (Å²) in [6.45, 7) is 1.25. The van der Waals surface area contributed by atoms with Crippen molar-refractivity contribution in [2.75, 3.05) is 19.6 Å². The van der Waals surface area contributed by atoms with Gasteiger partial charge in [0.25, 0.3) is 5.92 Å². The lowest BCUT2D eigenvalue weighted by Gasteiger charge is -2.59. The summed E-state index contributed by atoms with van der Waals surface area (Å²) in [4.78, 5) is 15.0. The number of carbonyl (C=O) groups is 1. The quantitative estimate of drug-likeness (QED) is 0.213. The number of benzene rings is 4. The van der Waals surface area contributed by atoms with Crippen molar-refractivity contribution < 1.29 is 26.7 Å². The maximum atomic E-state index is 16.4. The van der Waals surface area contributed by atoms with E-state index in [-0.39, 0.29) is 17.5 Å². The summed E-state index contributed by atoms with van der Waals surface area (Å²) in [5, 5.41) is 5.02. The van der Waals surface area contributed by atoms with E-state index in [1.54, 1.807) is 42.5 Å². The molecule has 2 aliphatic heterocycles. The van der Waals surface area contributed by atoms with E-state index in [9.17, 15) is 13.2 Å². The fourth-order valence-electron chi connectivity index (χ4n) is 6.66. The highest BCUT2D eigenvalue weighted by Crippen LogP contribution is 2.40. The van der Waals surface area contributed by atoms with Crippen LogP contribution >= 0.6 is 11.6 Å². The number of alkyl halides is 2. The topological polar surface area (TPSA) is 87.7 Å². The molecule has 46 heavy (non-hydrogen) atoms. The summed E-state index contributed by atoms with van der Waals surface area (Å²) in [7, 11) is -4.55. The lowest BCUT2D eigenvalue weighted by molar-refractivity contribution is -0.164. The number of nitrogens with zero attached hydrogens (tertiary/aromatic N) is 1. The molecule has 1 amide bonds. The van der Waals surface area contributed by atoms with Crippen molar-refractivity contribution in [1.29, 1.82) is 0 Å². The molecule has 0 aromatic heterocycles. The molecule has 240 valence electrons. The van der Waals surface area contributed by atoms with Gasteiger partial charge in [-0.25, -0.2) is 8.42 Å². The summed E-state index contributed by atoms with van der Waals surface area (Å²) in [5.41, 5.74) is 0.424. The standard InChI is InChI=1S/C35H34ClF2N3O4S/c36-28-13-7-24(8-14-28)23-5-11-27(12-6-23)35(37,38)32(33(42)41-18-17-34(41)21-39-22-34)40-46(43,44)31-16-10-25-19-30(15-9-26(25)20-31)45-29-3-1-2-4-29/h5-16,19-20,29,32,39-40H,1-4,17-18,21-22H2/t32-/m0/s1. The zero-order valence-corrected chi connectivity index (χ0v) is 26.6. The Morgan fingerprint density at radius 2 is 1.57 bits per heavy atom. The Hall–Kier alpha value is -3.57. The zero-order valence-electron chi connectivity index (χ0n) is 25.0. The van der Waals surface area contributed by atoms with Gasteiger partial charge >= 0.3 is 0 Å². The van der Waals surface area contributed by atoms with Crippen LogP contribution in [0.15, 0.2) is 89.8 Å². The molecule has 2 heterocycles. The van der Waals surface area contributed by atoms with E-state index in [2.05, 4.69) is 10.0 Å². The van der Waals surface area contributed by atoms with Crippen LogP contribution in [0.4, 0.5) is 8.78 Å². The van der Waals surface area contributed by atoms with Gasteiger partial charge in [-0.3, -0.25) is 4.79 Å². The first-order chi connectivity index (χ1) is 22.0. The lowest BCUT2D eigenvalue weighted by Crippen LogP contribution is -2.79. The van der Waals surface area contributed by atoms with E-state index in [4.69, 9.17) is 16.3 Å². The van der Waals surface area contributed by atoms with Gasteiger partial charge in [0.05, 0.1) is 16.5 Å². The molecule has 4 aromatic carbocycles. The van der Waals surface area contributed by atoms with Crippen LogP contribution in [-0.2, 0) is 20.7 Å². The smallest absolute Gasteiger partial charge is 0.298 e. The third-order valence-corrected chi connectivity index (χ3v) is 11.2. The van der Waals surface area contributed by atoms with Gasteiger partial charge in [-0.05, 0) is 90.4 Å². The highest BCUT2D eigenvalue weighted by molar-refractivity contribution is 7.89. The molecule has 2 N–H and O–H groups in total. The molecule has 7 rings (SSSR count). The van der Waals surface area contributed by atoms with Gasteiger partial charge in [0.15, 0.2) is 6.04 Å². The molecular weight excluding hydrogens is 632 g/mol. The van der Waals surface area contributed by atoms with Crippen molar-refractivity contribution in [2.45, 2.75) is 60.6 Å². The Morgan fingerprint density at radius 1 is 0.935 bits per heavy atom. The number of hydrogen-bond donors (Lipinski definition) is 2. The number of likely N-dealkylation sites (tertiary alicyclic amines) is 1. The van der Waals surface area contributed by atoms with Crippen molar-refractivity contribution in [3.63, 3.8) is 0 Å². The average molecular weight is 666 g/mol. The third kappa shape index (κ3) is 5.76. The van der Waals surface area contributed by atoms with Crippen LogP contribution in [-0.4, -0.2) is 56.5 Å². The van der Waals surface area contributed by atoms with Crippen LogP contribution in [0, 0.1) is 0 Å². The zero-order chi connectivity index (χ0) is 32.1. The summed E-state index contributed by atoms with van der Waals surface area (Å²) in [6, 6.07) is 19.9. The fourth-order valence-corrected chi connectivity index (χ4v) is 8.01. The second kappa shape index (κ2) is 11.9. The highest BCUT2D eigenvalue weighted by atomic mass is 35.5. The van der Waals surface area contributed by atoms with Crippen LogP contribution in [0.1, 0.15) is 37.7 Å². The Morgan fingerprint density at radius 3 is 2.17 bits per heavy atom. The third-order valence-electron chi connectivity index (χ3n) is 9.58. The Labute approximate surface area is 271 Å². The van der Waals surface area contributed by atoms with E-state index in [0.717, 1.165) is 36.6 Å². The fraction of sp³-hybridized carbons (Fsp3) is 0.343. The molecule has 4 aromatic rings. The summed E-state index contributed by atoms with van der Waals surface area (Å²) in [6.07, 6.45) is 5.13. The van der Waals surface area contributed by atoms with Gasteiger partial charge in [0.1, 0.15) is 5.75 Å². The molecule has 7 nitrogen and oxygen atoms in total. The summed E-state index contributed by atoms with van der Waals surface area (Å²) >= 11 is 5.99. The lowest BCUT2D eigenvalue weighted by atomic mass is 9.78. The Kier molecular flexibility index (Phi) is 8.03. The van der Waals surface area contributed by atoms with Gasteiger partial charge in [-0.2, -0.15) is 13.5 Å². The molecule has 3 aliphatic rings. The second-order valence-electron chi connectivity index (χ2n) is 12.5. The van der Waals surface area contributed by atoms with Crippen LogP contribution in [0.5, 0.6) is 5.75 Å². The monoisotopic (exact) mass is 665 g/mol. The predicted octanol–water partition coefficient (Wildman–Crippen LogP) is 6.49. The molecule has 0 unspecified atom stereocenters. The van der Waals surface area contributed by atoms with Crippen molar-refractivity contribution in [2.24, 2.45) is 0 Å². The minimum atomic E-state index is -4.55. The number of sulfonamides is 1. The van der Waals surface area contributed by atoms with Gasteiger partial charge in [-0.1, -0.05) is 60.1 Å². The van der Waals surface area contributed by atoms with Gasteiger partial charge in [0, 0.05) is 30.2 Å². The number of amides is 1. The highest BCUT2D eigenvalue weighted by Gasteiger charge is 2.57. The number of ether oxygens (including phenoxy) is 1. The number of carbonyl (C=O) groups excluding carboxylic acids is 1. The predicted molar refractivity (Wildman–Crippen MR) is 174 cm³/mol. The van der Waals surface area contributed by atoms with E-state index in [1.807, 2.05) is 6.07 Å². The molecule has 3 fully saturated rings. The van der Waals surface area contributed by atoms with E-state index in [0.29, 0.717) is 41.2 Å². The molecule has 1 saturated carbocycles. The second-order valence-corrected chi connectivity index (χ2v) is 14.7. The van der Waals surface area contributed by atoms with Gasteiger partial charge in [0.2, 0.25) is 15.9 Å². The van der Waals surface area contributed by atoms with Gasteiger partial charge in [-0.15, -0.1) is 0 Å². The number of nitrogens with one attached hydrogen (secondary N) is 2. The molecule has 0 radical (unpaired) electrons. The number of hydrogen-bond acceptors (Lipinski definition) is 5. The Balaban J connectivity index is 1.18. The van der Waals surface area contributed by atoms with Crippen molar-refractivity contribution in [3.8, 4) is 16.9 Å². The van der Waals surface area contributed by atoms with Crippen LogP contribution in [0.2, 0.25) is 5.02 Å². The molecule has 1 atom stereocenters. The molecule has 0 bridgehead atoms. The van der Waals surface area contributed by atoms with Crippen LogP contribution in [0.3, 0.4) is 0 Å². The number of fused-ring (bicyclic) bond motifs is 1. The van der Waals surface area contributed by atoms with Crippen molar-refractivity contribution in [1.82, 2.24) is 14.9 Å². The largest absolute Gasteiger partial charge is 0.490 e. The molecular formula is C35H34ClF2N3O4S. The number of halogens is 3. The van der Waals surface area contributed by atoms with Crippen LogP contribution < -0.4 is 14.8 Å². The van der Waals surface area contributed by atoms with E-state index < -0.39 is 39.0 Å². The summed E-state index contributed by atoms with van der Waals surface area (Å²) < 4.78 is 68.6. The first-order valence-electron chi connectivity index (χ1n) is 15.5. The SMILES string of the molecule is O=C([C@H](NS(=O)(=O)c1ccc2cc(OC3CCCC3)ccc2c1)C(F)(F)c1ccc(-c2ccc(Cl)cc2)cc1)N1CCC12CNC2. The van der Waals surface area contributed by atoms with E-state index in [1.165, 1.54) is 41.3 Å². The van der Waals surface area contributed by atoms with E-state index >= 15 is 8.78 Å². The molecule has 11 heteroatoms. The first kappa shape index (κ1) is 31.1. The Bertz CT molecular complexity index is 1870. The van der Waals surface area contributed by atoms with Crippen LogP contribution in [0.25, 0.3) is 21.9 Å². The minimum Gasteiger partial charge on any atom is -0.490 e. The summed E-state index contributed by atoms with van der Waals surface area (Å²) in [5.74, 6) is -4.10. The normalized spacial score (nSPS) is 18.7. The molecule has 1 spiro atoms. The van der Waals surface area contributed by atoms with Gasteiger partial charge < -0.3 is 15.0 Å². The average Bonchev–Trinajstić information content (AvgIpc) is 3.52. The first-order valence-corrected chi connectivity index (χ1v) is 17.4. The van der Waals surface area contributed by atoms with Crippen molar-refractivity contribution >= 4 is 38.3 Å². The molecule has 1 aliphatic carbocycles. The maximum Gasteiger partial charge on any atom is 0.298 e. The molecule has 2 saturated heterocycles. The minimum absolute atomic E-state index is 0.173. The van der Waals surface area contributed by atoms with Crippen molar-refractivity contribution in [3.05, 3.63) is 95.5 Å². The number of rotatable bonds is 9. The maximum absolute atomic E-state index is 16.4.